The van der Waals surface area contributed by atoms with Crippen LogP contribution in [0.2, 0.25) is 0 Å². The molecule has 1 saturated carbocycles. The first kappa shape index (κ1) is 12.0. The van der Waals surface area contributed by atoms with Gasteiger partial charge in [-0.15, -0.1) is 0 Å². The Labute approximate surface area is 88.9 Å². The third-order valence-corrected chi connectivity index (χ3v) is 3.45. The molecule has 1 aliphatic rings. The molecule has 1 atom stereocenters. The smallest absolute Gasteiger partial charge is 0.0459 e. The lowest BCUT2D eigenvalue weighted by molar-refractivity contribution is 0.167. The molecule has 1 N–H and O–H groups in total. The van der Waals surface area contributed by atoms with Crippen LogP contribution in [-0.4, -0.2) is 11.7 Å². The van der Waals surface area contributed by atoms with Gasteiger partial charge in [-0.3, -0.25) is 0 Å². The summed E-state index contributed by atoms with van der Waals surface area (Å²) >= 11 is 0. The summed E-state index contributed by atoms with van der Waals surface area (Å²) in [6.45, 7) is 4.90. The Morgan fingerprint density at radius 3 is 2.29 bits per heavy atom. The maximum absolute atomic E-state index is 9.31. The zero-order chi connectivity index (χ0) is 10.4. The van der Waals surface area contributed by atoms with Gasteiger partial charge in [-0.05, 0) is 30.6 Å². The van der Waals surface area contributed by atoms with E-state index < -0.39 is 0 Å². The molecule has 0 aromatic carbocycles. The van der Waals surface area contributed by atoms with E-state index in [0.717, 1.165) is 11.8 Å². The van der Waals surface area contributed by atoms with E-state index in [-0.39, 0.29) is 0 Å². The van der Waals surface area contributed by atoms with Crippen LogP contribution in [-0.2, 0) is 0 Å². The molecule has 1 heteroatoms. The van der Waals surface area contributed by atoms with Crippen LogP contribution in [0.4, 0.5) is 0 Å². The van der Waals surface area contributed by atoms with Crippen LogP contribution in [0.25, 0.3) is 0 Å². The predicted molar refractivity (Wildman–Crippen MR) is 61.2 cm³/mol. The van der Waals surface area contributed by atoms with Crippen molar-refractivity contribution < 1.29 is 5.11 Å². The maximum atomic E-state index is 9.31. The predicted octanol–water partition coefficient (Wildman–Crippen LogP) is 3.61. The lowest BCUT2D eigenvalue weighted by Crippen LogP contribution is -2.16. The van der Waals surface area contributed by atoms with Gasteiger partial charge >= 0.3 is 0 Å². The molecule has 1 aliphatic carbocycles. The zero-order valence-electron chi connectivity index (χ0n) is 9.84. The molecule has 0 heterocycles. The van der Waals surface area contributed by atoms with Crippen molar-refractivity contribution in [2.24, 2.45) is 17.8 Å². The molecule has 84 valence electrons. The summed E-state index contributed by atoms with van der Waals surface area (Å²) in [6.07, 6.45) is 9.57. The third kappa shape index (κ3) is 4.45. The molecule has 0 aromatic rings. The highest BCUT2D eigenvalue weighted by molar-refractivity contribution is 4.71. The van der Waals surface area contributed by atoms with Crippen molar-refractivity contribution in [3.05, 3.63) is 0 Å². The fourth-order valence-electron chi connectivity index (χ4n) is 2.81. The van der Waals surface area contributed by atoms with E-state index in [4.69, 9.17) is 0 Å². The van der Waals surface area contributed by atoms with E-state index in [1.165, 1.54) is 44.9 Å². The standard InChI is InChI=1S/C13H26O/c1-11(2)8-13(10-14)9-12-6-4-3-5-7-12/h11-14H,3-10H2,1-2H3. The molecule has 0 radical (unpaired) electrons. The zero-order valence-corrected chi connectivity index (χ0v) is 9.84. The molecule has 0 saturated heterocycles. The number of rotatable bonds is 5. The van der Waals surface area contributed by atoms with Crippen LogP contribution in [0.5, 0.6) is 0 Å². The molecule has 0 spiro atoms. The summed E-state index contributed by atoms with van der Waals surface area (Å²) in [7, 11) is 0. The Morgan fingerprint density at radius 1 is 1.14 bits per heavy atom. The quantitative estimate of drug-likeness (QED) is 0.715. The average molecular weight is 198 g/mol. The van der Waals surface area contributed by atoms with Crippen molar-refractivity contribution >= 4 is 0 Å². The minimum absolute atomic E-state index is 0.398. The van der Waals surface area contributed by atoms with Crippen LogP contribution in [0.3, 0.4) is 0 Å². The fraction of sp³-hybridized carbons (Fsp3) is 1.00. The Kier molecular flexibility index (Phi) is 5.54. The molecule has 0 aliphatic heterocycles. The minimum Gasteiger partial charge on any atom is -0.396 e. The molecule has 0 amide bonds. The largest absolute Gasteiger partial charge is 0.396 e. The molecular formula is C13H26O. The van der Waals surface area contributed by atoms with E-state index in [9.17, 15) is 5.11 Å². The van der Waals surface area contributed by atoms with Gasteiger partial charge in [0.05, 0.1) is 0 Å². The fourth-order valence-corrected chi connectivity index (χ4v) is 2.81. The molecule has 1 rings (SSSR count). The second-order valence-electron chi connectivity index (χ2n) is 5.42. The van der Waals surface area contributed by atoms with Crippen LogP contribution in [0, 0.1) is 17.8 Å². The minimum atomic E-state index is 0.398. The Bertz CT molecular complexity index is 136. The van der Waals surface area contributed by atoms with E-state index in [2.05, 4.69) is 13.8 Å². The Balaban J connectivity index is 2.23. The van der Waals surface area contributed by atoms with Crippen LogP contribution in [0.15, 0.2) is 0 Å². The summed E-state index contributed by atoms with van der Waals surface area (Å²) in [5, 5.41) is 9.31. The summed E-state index contributed by atoms with van der Waals surface area (Å²) in [5.74, 6) is 2.22. The van der Waals surface area contributed by atoms with Gasteiger partial charge in [0.1, 0.15) is 0 Å². The Morgan fingerprint density at radius 2 is 1.79 bits per heavy atom. The van der Waals surface area contributed by atoms with Gasteiger partial charge in [0.2, 0.25) is 0 Å². The van der Waals surface area contributed by atoms with Gasteiger partial charge in [-0.2, -0.15) is 0 Å². The first-order valence-corrected chi connectivity index (χ1v) is 6.33. The summed E-state index contributed by atoms with van der Waals surface area (Å²) in [5.41, 5.74) is 0. The number of aliphatic hydroxyl groups is 1. The number of aliphatic hydroxyl groups excluding tert-OH is 1. The molecule has 14 heavy (non-hydrogen) atoms. The van der Waals surface area contributed by atoms with Gasteiger partial charge < -0.3 is 5.11 Å². The van der Waals surface area contributed by atoms with Crippen molar-refractivity contribution in [2.45, 2.75) is 58.8 Å². The van der Waals surface area contributed by atoms with E-state index in [1.54, 1.807) is 0 Å². The monoisotopic (exact) mass is 198 g/mol. The lowest BCUT2D eigenvalue weighted by atomic mass is 9.81. The molecule has 1 fully saturated rings. The summed E-state index contributed by atoms with van der Waals surface area (Å²) in [6, 6.07) is 0. The van der Waals surface area contributed by atoms with Crippen LogP contribution in [0.1, 0.15) is 58.8 Å². The van der Waals surface area contributed by atoms with Gasteiger partial charge in [0, 0.05) is 6.61 Å². The summed E-state index contributed by atoms with van der Waals surface area (Å²) < 4.78 is 0. The summed E-state index contributed by atoms with van der Waals surface area (Å²) in [4.78, 5) is 0. The number of hydrogen-bond acceptors (Lipinski definition) is 1. The number of hydrogen-bond donors (Lipinski definition) is 1. The molecule has 0 aromatic heterocycles. The average Bonchev–Trinajstić information content (AvgIpc) is 2.17. The van der Waals surface area contributed by atoms with E-state index >= 15 is 0 Å². The molecule has 1 nitrogen and oxygen atoms in total. The van der Waals surface area contributed by atoms with Crippen molar-refractivity contribution in [2.75, 3.05) is 6.61 Å². The first-order chi connectivity index (χ1) is 6.72. The molecule has 1 unspecified atom stereocenters. The topological polar surface area (TPSA) is 20.2 Å². The highest BCUT2D eigenvalue weighted by atomic mass is 16.3. The van der Waals surface area contributed by atoms with E-state index in [1.807, 2.05) is 0 Å². The SMILES string of the molecule is CC(C)CC(CO)CC1CCCCC1. The second kappa shape index (κ2) is 6.44. The highest BCUT2D eigenvalue weighted by Crippen LogP contribution is 2.30. The highest BCUT2D eigenvalue weighted by Gasteiger charge is 2.19. The third-order valence-electron chi connectivity index (χ3n) is 3.45. The normalized spacial score (nSPS) is 21.4. The van der Waals surface area contributed by atoms with Crippen molar-refractivity contribution in [1.29, 1.82) is 0 Å². The maximum Gasteiger partial charge on any atom is 0.0459 e. The van der Waals surface area contributed by atoms with Gasteiger partial charge in [0.25, 0.3) is 0 Å². The van der Waals surface area contributed by atoms with Crippen LogP contribution < -0.4 is 0 Å². The van der Waals surface area contributed by atoms with Gasteiger partial charge in [0.15, 0.2) is 0 Å². The Hall–Kier alpha value is -0.0400. The van der Waals surface area contributed by atoms with Crippen molar-refractivity contribution in [3.63, 3.8) is 0 Å². The second-order valence-corrected chi connectivity index (χ2v) is 5.42. The first-order valence-electron chi connectivity index (χ1n) is 6.33. The molecule has 0 bridgehead atoms. The van der Waals surface area contributed by atoms with Gasteiger partial charge in [-0.25, -0.2) is 0 Å². The van der Waals surface area contributed by atoms with Crippen LogP contribution >= 0.6 is 0 Å². The van der Waals surface area contributed by atoms with Crippen molar-refractivity contribution in [1.82, 2.24) is 0 Å². The van der Waals surface area contributed by atoms with Gasteiger partial charge in [-0.1, -0.05) is 46.0 Å². The van der Waals surface area contributed by atoms with Crippen molar-refractivity contribution in [3.8, 4) is 0 Å². The van der Waals surface area contributed by atoms with E-state index in [0.29, 0.717) is 12.5 Å². The lowest BCUT2D eigenvalue weighted by Gasteiger charge is -2.26. The molecular weight excluding hydrogens is 172 g/mol.